The summed E-state index contributed by atoms with van der Waals surface area (Å²) in [5.74, 6) is 0.0922. The first-order chi connectivity index (χ1) is 13.8. The number of anilines is 1. The number of likely N-dealkylation sites (N-methyl/N-ethyl adjacent to an activating group) is 1. The number of nitrogens with one attached hydrogen (secondary N) is 2. The Morgan fingerprint density at radius 2 is 2.00 bits per heavy atom. The third-order valence-electron chi connectivity index (χ3n) is 5.09. The third-order valence-corrected chi connectivity index (χ3v) is 7.53. The van der Waals surface area contributed by atoms with Gasteiger partial charge in [0.1, 0.15) is 5.00 Å². The largest absolute Gasteiger partial charge is 0.462 e. The van der Waals surface area contributed by atoms with E-state index in [-0.39, 0.29) is 30.5 Å². The molecule has 162 valence electrons. The van der Waals surface area contributed by atoms with E-state index in [1.807, 2.05) is 18.8 Å². The predicted octanol–water partition coefficient (Wildman–Crippen LogP) is 3.14. The van der Waals surface area contributed by atoms with Gasteiger partial charge in [0.2, 0.25) is 5.91 Å². The molecule has 1 aliphatic carbocycles. The van der Waals surface area contributed by atoms with Crippen LogP contribution in [0.15, 0.2) is 0 Å². The van der Waals surface area contributed by atoms with E-state index in [0.717, 1.165) is 29.9 Å². The van der Waals surface area contributed by atoms with Gasteiger partial charge >= 0.3 is 5.97 Å². The molecular weight excluding hydrogens is 410 g/mol. The highest BCUT2D eigenvalue weighted by Gasteiger charge is 2.30. The SMILES string of the molecule is CCOC(=O)c1c(NC(=O)CN(C)[C@H]2CC[C@H](SCC)C2)sc(C(=O)NC)c1C. The van der Waals surface area contributed by atoms with Gasteiger partial charge in [-0.05, 0) is 51.5 Å². The van der Waals surface area contributed by atoms with E-state index in [1.165, 1.54) is 13.5 Å². The molecule has 0 bridgehead atoms. The molecule has 0 spiro atoms. The molecule has 2 N–H and O–H groups in total. The van der Waals surface area contributed by atoms with Crippen molar-refractivity contribution in [2.75, 3.05) is 38.3 Å². The zero-order valence-electron chi connectivity index (χ0n) is 17.8. The highest BCUT2D eigenvalue weighted by Crippen LogP contribution is 2.34. The number of rotatable bonds is 9. The van der Waals surface area contributed by atoms with E-state index < -0.39 is 5.97 Å². The van der Waals surface area contributed by atoms with Crippen LogP contribution < -0.4 is 10.6 Å². The van der Waals surface area contributed by atoms with Crippen LogP contribution in [0.4, 0.5) is 5.00 Å². The van der Waals surface area contributed by atoms with Gasteiger partial charge in [-0.3, -0.25) is 14.5 Å². The summed E-state index contributed by atoms with van der Waals surface area (Å²) < 4.78 is 5.13. The summed E-state index contributed by atoms with van der Waals surface area (Å²) in [4.78, 5) is 39.7. The van der Waals surface area contributed by atoms with Crippen molar-refractivity contribution >= 4 is 45.9 Å². The summed E-state index contributed by atoms with van der Waals surface area (Å²) in [5.41, 5.74) is 0.776. The lowest BCUT2D eigenvalue weighted by Crippen LogP contribution is -2.37. The summed E-state index contributed by atoms with van der Waals surface area (Å²) in [6.07, 6.45) is 3.37. The maximum atomic E-state index is 12.7. The van der Waals surface area contributed by atoms with E-state index in [4.69, 9.17) is 4.74 Å². The number of amides is 2. The quantitative estimate of drug-likeness (QED) is 0.573. The van der Waals surface area contributed by atoms with Crippen molar-refractivity contribution in [1.29, 1.82) is 0 Å². The molecule has 1 saturated carbocycles. The molecule has 29 heavy (non-hydrogen) atoms. The van der Waals surface area contributed by atoms with Crippen LogP contribution in [0, 0.1) is 6.92 Å². The van der Waals surface area contributed by atoms with Crippen LogP contribution in [0.2, 0.25) is 0 Å². The van der Waals surface area contributed by atoms with E-state index in [0.29, 0.717) is 26.7 Å². The first-order valence-electron chi connectivity index (χ1n) is 9.96. The second-order valence-corrected chi connectivity index (χ2v) is 9.67. The lowest BCUT2D eigenvalue weighted by Gasteiger charge is -2.23. The lowest BCUT2D eigenvalue weighted by molar-refractivity contribution is -0.117. The Kier molecular flexibility index (Phi) is 8.98. The second kappa shape index (κ2) is 11.0. The summed E-state index contributed by atoms with van der Waals surface area (Å²) in [7, 11) is 3.50. The van der Waals surface area contributed by atoms with Crippen LogP contribution in [0.1, 0.15) is 58.7 Å². The summed E-state index contributed by atoms with van der Waals surface area (Å²) in [6.45, 7) is 6.05. The molecule has 2 atom stereocenters. The number of hydrogen-bond acceptors (Lipinski definition) is 7. The smallest absolute Gasteiger partial charge is 0.341 e. The van der Waals surface area contributed by atoms with Crippen molar-refractivity contribution in [2.24, 2.45) is 0 Å². The van der Waals surface area contributed by atoms with E-state index in [1.54, 1.807) is 13.8 Å². The van der Waals surface area contributed by atoms with Crippen molar-refractivity contribution in [1.82, 2.24) is 10.2 Å². The lowest BCUT2D eigenvalue weighted by atomic mass is 10.1. The number of nitrogens with zero attached hydrogens (tertiary/aromatic N) is 1. The molecule has 0 saturated heterocycles. The van der Waals surface area contributed by atoms with Crippen molar-refractivity contribution in [3.8, 4) is 0 Å². The molecule has 0 aromatic carbocycles. The minimum absolute atomic E-state index is 0.200. The highest BCUT2D eigenvalue weighted by atomic mass is 32.2. The molecule has 2 amide bonds. The number of carbonyl (C=O) groups is 3. The van der Waals surface area contributed by atoms with Gasteiger partial charge < -0.3 is 15.4 Å². The Morgan fingerprint density at radius 1 is 1.28 bits per heavy atom. The predicted molar refractivity (Wildman–Crippen MR) is 119 cm³/mol. The standard InChI is InChI=1S/C20H31N3O4S2/c1-6-27-20(26)16-12(3)17(18(25)21-4)29-19(16)22-15(24)11-23(5)13-8-9-14(10-13)28-7-2/h13-14H,6-11H2,1-5H3,(H,21,25)(H,22,24)/t13-,14-/m0/s1. The number of ether oxygens (including phenoxy) is 1. The second-order valence-electron chi connectivity index (χ2n) is 7.07. The number of thiophene rings is 1. The molecule has 1 aromatic heterocycles. The molecule has 1 aliphatic rings. The first-order valence-corrected chi connectivity index (χ1v) is 11.8. The average Bonchev–Trinajstić information content (AvgIpc) is 3.26. The third kappa shape index (κ3) is 5.96. The first kappa shape index (κ1) is 23.7. The summed E-state index contributed by atoms with van der Waals surface area (Å²) in [5, 5.41) is 6.43. The van der Waals surface area contributed by atoms with Gasteiger partial charge in [-0.15, -0.1) is 11.3 Å². The number of esters is 1. The van der Waals surface area contributed by atoms with Crippen LogP contribution in [0.3, 0.4) is 0 Å². The Hall–Kier alpha value is -1.58. The summed E-state index contributed by atoms with van der Waals surface area (Å²) in [6, 6.07) is 0.390. The van der Waals surface area contributed by atoms with Gasteiger partial charge in [0.05, 0.1) is 23.6 Å². The van der Waals surface area contributed by atoms with Gasteiger partial charge in [-0.1, -0.05) is 6.92 Å². The van der Waals surface area contributed by atoms with Crippen molar-refractivity contribution in [3.63, 3.8) is 0 Å². The molecule has 0 unspecified atom stereocenters. The van der Waals surface area contributed by atoms with Gasteiger partial charge in [0.15, 0.2) is 0 Å². The van der Waals surface area contributed by atoms with Crippen molar-refractivity contribution in [3.05, 3.63) is 16.0 Å². The fraction of sp³-hybridized carbons (Fsp3) is 0.650. The minimum Gasteiger partial charge on any atom is -0.462 e. The van der Waals surface area contributed by atoms with Crippen LogP contribution in [0.25, 0.3) is 0 Å². The Labute approximate surface area is 180 Å². The highest BCUT2D eigenvalue weighted by molar-refractivity contribution is 7.99. The maximum absolute atomic E-state index is 12.7. The summed E-state index contributed by atoms with van der Waals surface area (Å²) >= 11 is 3.09. The Morgan fingerprint density at radius 3 is 2.62 bits per heavy atom. The molecule has 7 nitrogen and oxygen atoms in total. The van der Waals surface area contributed by atoms with Crippen LogP contribution in [-0.2, 0) is 9.53 Å². The molecule has 2 rings (SSSR count). The Balaban J connectivity index is 2.10. The number of hydrogen-bond donors (Lipinski definition) is 2. The Bertz CT molecular complexity index is 750. The van der Waals surface area contributed by atoms with Crippen LogP contribution in [-0.4, -0.2) is 67.0 Å². The van der Waals surface area contributed by atoms with E-state index in [9.17, 15) is 14.4 Å². The zero-order chi connectivity index (χ0) is 21.6. The van der Waals surface area contributed by atoms with Gasteiger partial charge in [0.25, 0.3) is 5.91 Å². The fourth-order valence-corrected chi connectivity index (χ4v) is 5.90. The molecule has 1 heterocycles. The zero-order valence-corrected chi connectivity index (χ0v) is 19.4. The molecule has 1 aromatic rings. The molecule has 0 radical (unpaired) electrons. The van der Waals surface area contributed by atoms with Gasteiger partial charge in [0, 0.05) is 18.3 Å². The monoisotopic (exact) mass is 441 g/mol. The topological polar surface area (TPSA) is 87.7 Å². The van der Waals surface area contributed by atoms with Crippen molar-refractivity contribution < 1.29 is 19.1 Å². The molecule has 9 heteroatoms. The maximum Gasteiger partial charge on any atom is 0.341 e. The fourth-order valence-electron chi connectivity index (χ4n) is 3.61. The molecular formula is C20H31N3O4S2. The van der Waals surface area contributed by atoms with Gasteiger partial charge in [-0.25, -0.2) is 4.79 Å². The molecule has 1 fully saturated rings. The molecule has 0 aliphatic heterocycles. The van der Waals surface area contributed by atoms with E-state index >= 15 is 0 Å². The van der Waals surface area contributed by atoms with Crippen LogP contribution >= 0.6 is 23.1 Å². The average molecular weight is 442 g/mol. The minimum atomic E-state index is -0.532. The van der Waals surface area contributed by atoms with E-state index in [2.05, 4.69) is 22.5 Å². The number of carbonyl (C=O) groups excluding carboxylic acids is 3. The van der Waals surface area contributed by atoms with Crippen molar-refractivity contribution in [2.45, 2.75) is 51.3 Å². The number of thioether (sulfide) groups is 1. The normalized spacial score (nSPS) is 18.7. The van der Waals surface area contributed by atoms with Gasteiger partial charge in [-0.2, -0.15) is 11.8 Å². The van der Waals surface area contributed by atoms with Crippen LogP contribution in [0.5, 0.6) is 0 Å².